The molecule has 0 aromatic heterocycles. The van der Waals surface area contributed by atoms with Gasteiger partial charge in [0.2, 0.25) is 10.0 Å². The maximum absolute atomic E-state index is 11.7. The highest BCUT2D eigenvalue weighted by atomic mass is 32.2. The van der Waals surface area contributed by atoms with Gasteiger partial charge in [0.05, 0.1) is 5.25 Å². The fraction of sp³-hybridized carbons (Fsp3) is 1.00. The van der Waals surface area contributed by atoms with Crippen molar-refractivity contribution in [3.63, 3.8) is 0 Å². The Morgan fingerprint density at radius 3 is 2.29 bits per heavy atom. The van der Waals surface area contributed by atoms with Crippen LogP contribution < -0.4 is 5.73 Å². The summed E-state index contributed by atoms with van der Waals surface area (Å²) in [4.78, 5) is 0. The minimum atomic E-state index is -3.07. The van der Waals surface area contributed by atoms with E-state index in [1.165, 1.54) is 4.31 Å². The van der Waals surface area contributed by atoms with E-state index in [1.807, 2.05) is 0 Å². The maximum Gasteiger partial charge on any atom is 0.216 e. The third-order valence-electron chi connectivity index (χ3n) is 2.82. The lowest BCUT2D eigenvalue weighted by Crippen LogP contribution is -2.44. The normalized spacial score (nSPS) is 28.1. The van der Waals surface area contributed by atoms with Gasteiger partial charge in [0.25, 0.3) is 0 Å². The van der Waals surface area contributed by atoms with Gasteiger partial charge in [-0.1, -0.05) is 0 Å². The van der Waals surface area contributed by atoms with Gasteiger partial charge >= 0.3 is 0 Å². The zero-order valence-electron chi connectivity index (χ0n) is 9.10. The van der Waals surface area contributed by atoms with E-state index >= 15 is 0 Å². The summed E-state index contributed by atoms with van der Waals surface area (Å²) in [5.74, 6) is 0.462. The van der Waals surface area contributed by atoms with Crippen molar-refractivity contribution in [2.24, 2.45) is 11.7 Å². The second-order valence-electron chi connectivity index (χ2n) is 4.47. The first kappa shape index (κ1) is 11.9. The Labute approximate surface area is 86.5 Å². The number of hydrogen-bond acceptors (Lipinski definition) is 3. The molecule has 0 saturated heterocycles. The molecule has 4 nitrogen and oxygen atoms in total. The largest absolute Gasteiger partial charge is 0.328 e. The predicted molar refractivity (Wildman–Crippen MR) is 57.4 cm³/mol. The topological polar surface area (TPSA) is 63.4 Å². The van der Waals surface area contributed by atoms with Crippen molar-refractivity contribution in [1.82, 2.24) is 4.31 Å². The summed E-state index contributed by atoms with van der Waals surface area (Å²) in [5, 5.41) is -0.332. The highest BCUT2D eigenvalue weighted by Gasteiger charge is 2.31. The molecule has 1 fully saturated rings. The first-order valence-electron chi connectivity index (χ1n) is 5.04. The summed E-state index contributed by atoms with van der Waals surface area (Å²) in [5.41, 5.74) is 5.65. The van der Waals surface area contributed by atoms with E-state index in [0.29, 0.717) is 12.5 Å². The van der Waals surface area contributed by atoms with Crippen molar-refractivity contribution in [2.75, 3.05) is 13.6 Å². The molecule has 14 heavy (non-hydrogen) atoms. The van der Waals surface area contributed by atoms with Crippen LogP contribution in [-0.4, -0.2) is 37.6 Å². The van der Waals surface area contributed by atoms with Gasteiger partial charge in [-0.25, -0.2) is 12.7 Å². The van der Waals surface area contributed by atoms with E-state index in [-0.39, 0.29) is 11.3 Å². The lowest BCUT2D eigenvalue weighted by Gasteiger charge is -2.35. The van der Waals surface area contributed by atoms with Crippen LogP contribution in [0.15, 0.2) is 0 Å². The van der Waals surface area contributed by atoms with Crippen molar-refractivity contribution in [3.05, 3.63) is 0 Å². The number of rotatable bonds is 4. The predicted octanol–water partition coefficient (Wildman–Crippen LogP) is 0.394. The molecule has 1 rings (SSSR count). The monoisotopic (exact) mass is 220 g/mol. The van der Waals surface area contributed by atoms with Gasteiger partial charge in [-0.05, 0) is 32.6 Å². The number of nitrogens with zero attached hydrogens (tertiary/aromatic N) is 1. The molecule has 0 bridgehead atoms. The van der Waals surface area contributed by atoms with Crippen LogP contribution in [0.2, 0.25) is 0 Å². The molecule has 0 atom stereocenters. The Hall–Kier alpha value is -0.130. The molecule has 0 aliphatic heterocycles. The highest BCUT2D eigenvalue weighted by molar-refractivity contribution is 7.89. The smallest absolute Gasteiger partial charge is 0.216 e. The van der Waals surface area contributed by atoms with Crippen molar-refractivity contribution in [1.29, 1.82) is 0 Å². The number of hydrogen-bond donors (Lipinski definition) is 1. The fourth-order valence-corrected chi connectivity index (χ4v) is 2.90. The fourth-order valence-electron chi connectivity index (χ4n) is 1.76. The summed E-state index contributed by atoms with van der Waals surface area (Å²) in [6, 6.07) is 0.287. The molecule has 0 aromatic rings. The van der Waals surface area contributed by atoms with Crippen molar-refractivity contribution in [2.45, 2.75) is 38.0 Å². The zero-order valence-corrected chi connectivity index (χ0v) is 9.92. The lowest BCUT2D eigenvalue weighted by molar-refractivity contribution is 0.226. The molecule has 84 valence electrons. The third kappa shape index (κ3) is 2.46. The number of sulfonamides is 1. The average molecular weight is 220 g/mol. The van der Waals surface area contributed by atoms with Crippen LogP contribution in [0.4, 0.5) is 0 Å². The minimum absolute atomic E-state index is 0.287. The summed E-state index contributed by atoms with van der Waals surface area (Å²) in [6.45, 7) is 4.03. The molecule has 0 amide bonds. The molecule has 5 heteroatoms. The van der Waals surface area contributed by atoms with Crippen molar-refractivity contribution < 1.29 is 8.42 Å². The van der Waals surface area contributed by atoms with Crippen molar-refractivity contribution in [3.8, 4) is 0 Å². The molecular formula is C9H20N2O2S. The van der Waals surface area contributed by atoms with E-state index in [2.05, 4.69) is 0 Å². The van der Waals surface area contributed by atoms with Crippen LogP contribution >= 0.6 is 0 Å². The Kier molecular flexibility index (Phi) is 3.55. The van der Waals surface area contributed by atoms with E-state index in [0.717, 1.165) is 12.8 Å². The molecule has 1 aliphatic rings. The van der Waals surface area contributed by atoms with E-state index in [1.54, 1.807) is 20.9 Å². The van der Waals surface area contributed by atoms with Gasteiger partial charge < -0.3 is 5.73 Å². The van der Waals surface area contributed by atoms with Crippen LogP contribution in [0, 0.1) is 5.92 Å². The lowest BCUT2D eigenvalue weighted by atomic mass is 9.81. The van der Waals surface area contributed by atoms with Crippen LogP contribution in [-0.2, 0) is 10.0 Å². The summed E-state index contributed by atoms with van der Waals surface area (Å²) >= 11 is 0. The van der Waals surface area contributed by atoms with E-state index < -0.39 is 10.0 Å². The summed E-state index contributed by atoms with van der Waals surface area (Å²) < 4.78 is 24.8. The van der Waals surface area contributed by atoms with Crippen LogP contribution in [0.3, 0.4) is 0 Å². The summed E-state index contributed by atoms with van der Waals surface area (Å²) in [7, 11) is -1.42. The van der Waals surface area contributed by atoms with Gasteiger partial charge in [-0.15, -0.1) is 0 Å². The SMILES string of the molecule is CC(C)S(=O)(=O)N(C)CC1CC(N)C1. The van der Waals surface area contributed by atoms with Gasteiger partial charge in [0.15, 0.2) is 0 Å². The Morgan fingerprint density at radius 2 is 1.93 bits per heavy atom. The minimum Gasteiger partial charge on any atom is -0.328 e. The Bertz CT molecular complexity index is 281. The molecule has 0 spiro atoms. The molecule has 0 radical (unpaired) electrons. The molecule has 1 aliphatic carbocycles. The maximum atomic E-state index is 11.7. The molecule has 0 unspecified atom stereocenters. The summed E-state index contributed by atoms with van der Waals surface area (Å²) in [6.07, 6.45) is 1.91. The van der Waals surface area contributed by atoms with Gasteiger partial charge in [-0.2, -0.15) is 0 Å². The molecule has 1 saturated carbocycles. The van der Waals surface area contributed by atoms with Crippen molar-refractivity contribution >= 4 is 10.0 Å². The Morgan fingerprint density at radius 1 is 1.43 bits per heavy atom. The molecule has 0 aromatic carbocycles. The van der Waals surface area contributed by atoms with E-state index in [9.17, 15) is 8.42 Å². The first-order chi connectivity index (χ1) is 6.34. The van der Waals surface area contributed by atoms with E-state index in [4.69, 9.17) is 5.73 Å². The zero-order chi connectivity index (χ0) is 10.9. The average Bonchev–Trinajstić information content (AvgIpc) is 2.01. The molecular weight excluding hydrogens is 200 g/mol. The third-order valence-corrected chi connectivity index (χ3v) is 5.03. The Balaban J connectivity index is 2.46. The molecule has 2 N–H and O–H groups in total. The molecule has 0 heterocycles. The van der Waals surface area contributed by atoms with Crippen LogP contribution in [0.1, 0.15) is 26.7 Å². The quantitative estimate of drug-likeness (QED) is 0.745. The number of nitrogens with two attached hydrogens (primary N) is 1. The standard InChI is InChI=1S/C9H20N2O2S/c1-7(2)14(12,13)11(3)6-8-4-9(10)5-8/h7-9H,4-6,10H2,1-3H3. The van der Waals surface area contributed by atoms with Gasteiger partial charge in [0, 0.05) is 19.6 Å². The second-order valence-corrected chi connectivity index (χ2v) is 7.07. The van der Waals surface area contributed by atoms with Crippen LogP contribution in [0.25, 0.3) is 0 Å². The van der Waals surface area contributed by atoms with Gasteiger partial charge in [-0.3, -0.25) is 0 Å². The highest BCUT2D eigenvalue weighted by Crippen LogP contribution is 2.27. The van der Waals surface area contributed by atoms with Crippen LogP contribution in [0.5, 0.6) is 0 Å². The second kappa shape index (κ2) is 4.16. The first-order valence-corrected chi connectivity index (χ1v) is 6.55. The van der Waals surface area contributed by atoms with Gasteiger partial charge in [0.1, 0.15) is 0 Å².